The molecule has 2 nitrogen and oxygen atoms in total. The highest BCUT2D eigenvalue weighted by molar-refractivity contribution is 8.09. The van der Waals surface area contributed by atoms with Gasteiger partial charge in [0, 0.05) is 20.8 Å². The Bertz CT molecular complexity index is 994. The van der Waals surface area contributed by atoms with Crippen molar-refractivity contribution in [3.8, 4) is 11.8 Å². The zero-order valence-corrected chi connectivity index (χ0v) is 17.9. The van der Waals surface area contributed by atoms with Crippen LogP contribution in [0.5, 0.6) is 0 Å². The van der Waals surface area contributed by atoms with Gasteiger partial charge in [0.2, 0.25) is 0 Å². The molecule has 0 unspecified atom stereocenters. The molecule has 1 aliphatic rings. The molecule has 2 aromatic carbocycles. The van der Waals surface area contributed by atoms with Crippen LogP contribution < -0.4 is 0 Å². The van der Waals surface area contributed by atoms with E-state index < -0.39 is 5.97 Å². The standard InChI is InChI=1S/C25H26O2S/c1-24(2,3)28-22-14-15-25(4,5)21-13-10-18(16-20(21)22)7-6-17-8-11-19(12-9-17)23(26)27/h8-14,16H,15H2,1-5H3,(H,26,27). The van der Waals surface area contributed by atoms with Crippen molar-refractivity contribution in [3.63, 3.8) is 0 Å². The number of carboxylic acid groups (broad SMARTS) is 1. The van der Waals surface area contributed by atoms with Gasteiger partial charge < -0.3 is 5.11 Å². The maximum Gasteiger partial charge on any atom is 0.335 e. The van der Waals surface area contributed by atoms with E-state index >= 15 is 0 Å². The van der Waals surface area contributed by atoms with Crippen LogP contribution in [0, 0.1) is 11.8 Å². The van der Waals surface area contributed by atoms with Crippen LogP contribution in [-0.2, 0) is 5.41 Å². The first-order valence-corrected chi connectivity index (χ1v) is 10.3. The van der Waals surface area contributed by atoms with E-state index in [4.69, 9.17) is 5.11 Å². The van der Waals surface area contributed by atoms with E-state index in [2.05, 4.69) is 70.7 Å². The number of allylic oxidation sites excluding steroid dienone is 1. The van der Waals surface area contributed by atoms with Crippen molar-refractivity contribution in [3.05, 3.63) is 76.4 Å². The SMILES string of the molecule is CC(C)(C)SC1=CCC(C)(C)c2ccc(C#Cc3ccc(C(=O)O)cc3)cc21. The lowest BCUT2D eigenvalue weighted by molar-refractivity contribution is 0.0697. The monoisotopic (exact) mass is 390 g/mol. The maximum absolute atomic E-state index is 11.0. The van der Waals surface area contributed by atoms with Crippen LogP contribution in [0.1, 0.15) is 73.7 Å². The lowest BCUT2D eigenvalue weighted by Crippen LogP contribution is -2.22. The van der Waals surface area contributed by atoms with E-state index in [1.54, 1.807) is 24.3 Å². The number of fused-ring (bicyclic) bond motifs is 1. The first-order chi connectivity index (χ1) is 13.0. The van der Waals surface area contributed by atoms with E-state index in [-0.39, 0.29) is 15.7 Å². The van der Waals surface area contributed by atoms with Crippen molar-refractivity contribution in [2.45, 2.75) is 51.2 Å². The Morgan fingerprint density at radius 3 is 2.25 bits per heavy atom. The molecule has 0 saturated carbocycles. The molecule has 2 aromatic rings. The number of hydrogen-bond acceptors (Lipinski definition) is 2. The van der Waals surface area contributed by atoms with Gasteiger partial charge in [-0.05, 0) is 59.4 Å². The summed E-state index contributed by atoms with van der Waals surface area (Å²) in [7, 11) is 0. The lowest BCUT2D eigenvalue weighted by Gasteiger charge is -2.33. The molecule has 144 valence electrons. The molecule has 1 N–H and O–H groups in total. The third-order valence-electron chi connectivity index (χ3n) is 4.71. The fraction of sp³-hybridized carbons (Fsp3) is 0.320. The average Bonchev–Trinajstić information content (AvgIpc) is 2.62. The summed E-state index contributed by atoms with van der Waals surface area (Å²) < 4.78 is 0.151. The molecule has 0 radical (unpaired) electrons. The number of carbonyl (C=O) groups is 1. The van der Waals surface area contributed by atoms with Crippen molar-refractivity contribution in [1.82, 2.24) is 0 Å². The molecule has 1 aliphatic carbocycles. The minimum Gasteiger partial charge on any atom is -0.478 e. The first kappa shape index (κ1) is 20.3. The molecule has 0 bridgehead atoms. The highest BCUT2D eigenvalue weighted by atomic mass is 32.2. The smallest absolute Gasteiger partial charge is 0.335 e. The van der Waals surface area contributed by atoms with Gasteiger partial charge in [0.1, 0.15) is 0 Å². The molecule has 0 fully saturated rings. The topological polar surface area (TPSA) is 37.3 Å². The zero-order valence-electron chi connectivity index (χ0n) is 17.1. The van der Waals surface area contributed by atoms with Crippen LogP contribution in [0.15, 0.2) is 48.5 Å². The maximum atomic E-state index is 11.0. The summed E-state index contributed by atoms with van der Waals surface area (Å²) >= 11 is 1.91. The van der Waals surface area contributed by atoms with Gasteiger partial charge in [0.15, 0.2) is 0 Å². The second-order valence-corrected chi connectivity index (χ2v) is 10.6. The van der Waals surface area contributed by atoms with Crippen molar-refractivity contribution >= 4 is 22.6 Å². The molecule has 0 aromatic heterocycles. The molecule has 0 amide bonds. The minimum atomic E-state index is -0.924. The van der Waals surface area contributed by atoms with Crippen molar-refractivity contribution in [1.29, 1.82) is 0 Å². The van der Waals surface area contributed by atoms with Crippen LogP contribution in [0.4, 0.5) is 0 Å². The van der Waals surface area contributed by atoms with E-state index in [0.717, 1.165) is 17.5 Å². The molecule has 0 heterocycles. The molecule has 0 spiro atoms. The summed E-state index contributed by atoms with van der Waals surface area (Å²) in [5.74, 6) is 5.46. The largest absolute Gasteiger partial charge is 0.478 e. The zero-order chi connectivity index (χ0) is 20.5. The quantitative estimate of drug-likeness (QED) is 0.608. The van der Waals surface area contributed by atoms with Crippen molar-refractivity contribution in [2.75, 3.05) is 0 Å². The fourth-order valence-electron chi connectivity index (χ4n) is 3.25. The molecular weight excluding hydrogens is 364 g/mol. The predicted molar refractivity (Wildman–Crippen MR) is 119 cm³/mol. The Hall–Kier alpha value is -2.44. The normalized spacial score (nSPS) is 15.1. The van der Waals surface area contributed by atoms with Gasteiger partial charge in [-0.25, -0.2) is 4.79 Å². The van der Waals surface area contributed by atoms with Crippen molar-refractivity contribution < 1.29 is 9.90 Å². The molecule has 0 atom stereocenters. The van der Waals surface area contributed by atoms with Crippen LogP contribution in [0.3, 0.4) is 0 Å². The second kappa shape index (κ2) is 7.53. The van der Waals surface area contributed by atoms with Gasteiger partial charge in [-0.15, -0.1) is 11.8 Å². The molecule has 28 heavy (non-hydrogen) atoms. The van der Waals surface area contributed by atoms with Gasteiger partial charge in [0.25, 0.3) is 0 Å². The molecule has 3 rings (SSSR count). The Morgan fingerprint density at radius 2 is 1.64 bits per heavy atom. The summed E-state index contributed by atoms with van der Waals surface area (Å²) in [6, 6.07) is 13.2. The van der Waals surface area contributed by atoms with Crippen LogP contribution in [0.2, 0.25) is 0 Å². The Morgan fingerprint density at radius 1 is 1.04 bits per heavy atom. The lowest BCUT2D eigenvalue weighted by atomic mass is 9.75. The number of thioether (sulfide) groups is 1. The Labute approximate surface area is 172 Å². The first-order valence-electron chi connectivity index (χ1n) is 9.45. The third-order valence-corrected chi connectivity index (χ3v) is 5.93. The van der Waals surface area contributed by atoms with Gasteiger partial charge in [0.05, 0.1) is 5.56 Å². The minimum absolute atomic E-state index is 0.121. The molecule has 3 heteroatoms. The molecule has 0 aliphatic heterocycles. The van der Waals surface area contributed by atoms with Gasteiger partial charge in [-0.1, -0.05) is 58.6 Å². The summed E-state index contributed by atoms with van der Waals surface area (Å²) in [6.45, 7) is 11.3. The molecular formula is C25H26O2S. The van der Waals surface area contributed by atoms with E-state index in [9.17, 15) is 4.79 Å². The summed E-state index contributed by atoms with van der Waals surface area (Å²) in [5, 5.41) is 9.00. The third kappa shape index (κ3) is 4.69. The predicted octanol–water partition coefficient (Wildman–Crippen LogP) is 6.34. The number of benzene rings is 2. The fourth-order valence-corrected chi connectivity index (χ4v) is 4.36. The number of aromatic carboxylic acids is 1. The highest BCUT2D eigenvalue weighted by Crippen LogP contribution is 2.46. The summed E-state index contributed by atoms with van der Waals surface area (Å²) in [6.07, 6.45) is 3.40. The van der Waals surface area contributed by atoms with Crippen molar-refractivity contribution in [2.24, 2.45) is 0 Å². The number of carboxylic acids is 1. The van der Waals surface area contributed by atoms with E-state index in [0.29, 0.717) is 0 Å². The highest BCUT2D eigenvalue weighted by Gasteiger charge is 2.29. The number of rotatable bonds is 2. The summed E-state index contributed by atoms with van der Waals surface area (Å²) in [5.41, 5.74) is 4.83. The average molecular weight is 391 g/mol. The Kier molecular flexibility index (Phi) is 5.46. The summed E-state index contributed by atoms with van der Waals surface area (Å²) in [4.78, 5) is 12.3. The Balaban J connectivity index is 1.95. The second-order valence-electron chi connectivity index (χ2n) is 8.76. The number of hydrogen-bond donors (Lipinski definition) is 1. The van der Waals surface area contributed by atoms with E-state index in [1.807, 2.05) is 11.8 Å². The van der Waals surface area contributed by atoms with Gasteiger partial charge >= 0.3 is 5.97 Å². The van der Waals surface area contributed by atoms with E-state index in [1.165, 1.54) is 16.0 Å². The molecule has 0 saturated heterocycles. The van der Waals surface area contributed by atoms with Gasteiger partial charge in [-0.2, -0.15) is 0 Å². The van der Waals surface area contributed by atoms with Gasteiger partial charge in [-0.3, -0.25) is 0 Å². The van der Waals surface area contributed by atoms with Crippen LogP contribution >= 0.6 is 11.8 Å². The van der Waals surface area contributed by atoms with Crippen LogP contribution in [-0.4, -0.2) is 15.8 Å². The van der Waals surface area contributed by atoms with Crippen LogP contribution in [0.25, 0.3) is 4.91 Å².